The molecule has 2 aliphatic rings. The summed E-state index contributed by atoms with van der Waals surface area (Å²) in [5.74, 6) is 0.607. The van der Waals surface area contributed by atoms with E-state index in [4.69, 9.17) is 4.74 Å². The second-order valence-electron chi connectivity index (χ2n) is 4.22. The van der Waals surface area contributed by atoms with Crippen LogP contribution in [0.2, 0.25) is 0 Å². The highest BCUT2D eigenvalue weighted by molar-refractivity contribution is 8.18. The molecule has 3 rings (SSSR count). The van der Waals surface area contributed by atoms with Gasteiger partial charge in [-0.3, -0.25) is 14.9 Å². The van der Waals surface area contributed by atoms with Crippen molar-refractivity contribution in [3.8, 4) is 5.75 Å². The fraction of sp³-hybridized carbons (Fsp3) is 0.231. The van der Waals surface area contributed by atoms with E-state index in [1.807, 2.05) is 25.1 Å². The first-order valence-electron chi connectivity index (χ1n) is 5.65. The quantitative estimate of drug-likeness (QED) is 0.788. The maximum atomic E-state index is 11.6. The number of imide groups is 1. The number of carbonyl (C=O) groups excluding carboxylic acids is 2. The molecule has 1 aromatic rings. The highest BCUT2D eigenvalue weighted by Gasteiger charge is 2.27. The van der Waals surface area contributed by atoms with E-state index in [1.54, 1.807) is 0 Å². The minimum Gasteiger partial charge on any atom is -0.493 e. The van der Waals surface area contributed by atoms with Gasteiger partial charge in [-0.15, -0.1) is 0 Å². The SMILES string of the molecule is CC(=C1SC(=O)NC1=O)c1ccc2c(c1)CCO2. The lowest BCUT2D eigenvalue weighted by atomic mass is 10.0. The number of fused-ring (bicyclic) bond motifs is 1. The molecule has 1 fully saturated rings. The molecule has 5 heteroatoms. The predicted octanol–water partition coefficient (Wildman–Crippen LogP) is 2.34. The van der Waals surface area contributed by atoms with Gasteiger partial charge in [-0.2, -0.15) is 0 Å². The lowest BCUT2D eigenvalue weighted by Gasteiger charge is -2.06. The molecule has 0 unspecified atom stereocenters. The third-order valence-electron chi connectivity index (χ3n) is 3.08. The Balaban J connectivity index is 2.02. The van der Waals surface area contributed by atoms with Crippen molar-refractivity contribution in [2.45, 2.75) is 13.3 Å². The zero-order chi connectivity index (χ0) is 12.7. The summed E-state index contributed by atoms with van der Waals surface area (Å²) in [6.07, 6.45) is 0.893. The summed E-state index contributed by atoms with van der Waals surface area (Å²) in [5, 5.41) is 1.97. The van der Waals surface area contributed by atoms with Crippen molar-refractivity contribution in [2.75, 3.05) is 6.61 Å². The number of allylic oxidation sites excluding steroid dienone is 1. The smallest absolute Gasteiger partial charge is 0.290 e. The van der Waals surface area contributed by atoms with Gasteiger partial charge < -0.3 is 4.74 Å². The number of thioether (sulfide) groups is 1. The summed E-state index contributed by atoms with van der Waals surface area (Å²) < 4.78 is 5.44. The zero-order valence-corrected chi connectivity index (χ0v) is 10.6. The Labute approximate surface area is 108 Å². The van der Waals surface area contributed by atoms with Crippen LogP contribution in [0, 0.1) is 0 Å². The van der Waals surface area contributed by atoms with Gasteiger partial charge in [0.15, 0.2) is 0 Å². The van der Waals surface area contributed by atoms with Crippen LogP contribution in [0.4, 0.5) is 4.79 Å². The van der Waals surface area contributed by atoms with Crippen LogP contribution in [0.1, 0.15) is 18.1 Å². The highest BCUT2D eigenvalue weighted by Crippen LogP contribution is 2.34. The first-order chi connectivity index (χ1) is 8.65. The van der Waals surface area contributed by atoms with Gasteiger partial charge in [0.25, 0.3) is 11.1 Å². The number of hydrogen-bond donors (Lipinski definition) is 1. The number of benzene rings is 1. The summed E-state index contributed by atoms with van der Waals surface area (Å²) in [6.45, 7) is 2.57. The topological polar surface area (TPSA) is 55.4 Å². The average molecular weight is 261 g/mol. The number of hydrogen-bond acceptors (Lipinski definition) is 4. The van der Waals surface area contributed by atoms with E-state index in [0.717, 1.165) is 40.6 Å². The number of amides is 2. The molecule has 2 heterocycles. The Morgan fingerprint density at radius 3 is 2.94 bits per heavy atom. The molecule has 4 nitrogen and oxygen atoms in total. The van der Waals surface area contributed by atoms with Crippen molar-refractivity contribution in [1.82, 2.24) is 5.32 Å². The van der Waals surface area contributed by atoms with Gasteiger partial charge in [-0.25, -0.2) is 0 Å². The number of rotatable bonds is 1. The number of carbonyl (C=O) groups is 2. The van der Waals surface area contributed by atoms with Crippen LogP contribution >= 0.6 is 11.8 Å². The monoisotopic (exact) mass is 261 g/mol. The second kappa shape index (κ2) is 4.17. The molecule has 0 bridgehead atoms. The fourth-order valence-corrected chi connectivity index (χ4v) is 2.86. The van der Waals surface area contributed by atoms with Crippen LogP contribution in [-0.4, -0.2) is 17.8 Å². The average Bonchev–Trinajstić information content (AvgIpc) is 2.93. The van der Waals surface area contributed by atoms with Crippen molar-refractivity contribution < 1.29 is 14.3 Å². The highest BCUT2D eigenvalue weighted by atomic mass is 32.2. The van der Waals surface area contributed by atoms with E-state index < -0.39 is 0 Å². The third kappa shape index (κ3) is 1.80. The summed E-state index contributed by atoms with van der Waals surface area (Å²) in [6, 6.07) is 5.87. The van der Waals surface area contributed by atoms with E-state index >= 15 is 0 Å². The lowest BCUT2D eigenvalue weighted by Crippen LogP contribution is -2.18. The minimum absolute atomic E-state index is 0.306. The molecule has 1 N–H and O–H groups in total. The first-order valence-corrected chi connectivity index (χ1v) is 6.47. The third-order valence-corrected chi connectivity index (χ3v) is 4.06. The van der Waals surface area contributed by atoms with Gasteiger partial charge in [0, 0.05) is 6.42 Å². The van der Waals surface area contributed by atoms with Gasteiger partial charge in [0.2, 0.25) is 0 Å². The molecule has 1 aromatic carbocycles. The molecule has 92 valence electrons. The van der Waals surface area contributed by atoms with E-state index in [0.29, 0.717) is 11.5 Å². The summed E-state index contributed by atoms with van der Waals surface area (Å²) in [7, 11) is 0. The predicted molar refractivity (Wildman–Crippen MR) is 69.4 cm³/mol. The Bertz CT molecular complexity index is 592. The fourth-order valence-electron chi connectivity index (χ4n) is 2.11. The van der Waals surface area contributed by atoms with Crippen LogP contribution in [0.15, 0.2) is 23.1 Å². The van der Waals surface area contributed by atoms with Crippen LogP contribution in [0.3, 0.4) is 0 Å². The minimum atomic E-state index is -0.307. The normalized spacial score (nSPS) is 20.5. The zero-order valence-electron chi connectivity index (χ0n) is 9.78. The van der Waals surface area contributed by atoms with Crippen LogP contribution < -0.4 is 10.1 Å². The van der Waals surface area contributed by atoms with Gasteiger partial charge in [0.1, 0.15) is 5.75 Å². The van der Waals surface area contributed by atoms with E-state index in [-0.39, 0.29) is 11.1 Å². The molecule has 0 saturated carbocycles. The van der Waals surface area contributed by atoms with Crippen molar-refractivity contribution in [1.29, 1.82) is 0 Å². The first kappa shape index (κ1) is 11.3. The Morgan fingerprint density at radius 2 is 2.22 bits per heavy atom. The van der Waals surface area contributed by atoms with Crippen LogP contribution in [-0.2, 0) is 11.2 Å². The standard InChI is InChI=1S/C13H11NO3S/c1-7(11-12(15)14-13(16)18-11)8-2-3-10-9(6-8)4-5-17-10/h2-3,6H,4-5H2,1H3,(H,14,15,16). The van der Waals surface area contributed by atoms with Crippen molar-refractivity contribution in [3.63, 3.8) is 0 Å². The molecule has 0 atom stereocenters. The number of nitrogens with one attached hydrogen (secondary N) is 1. The largest absolute Gasteiger partial charge is 0.493 e. The van der Waals surface area contributed by atoms with Crippen LogP contribution in [0.5, 0.6) is 5.75 Å². The van der Waals surface area contributed by atoms with Gasteiger partial charge in [-0.1, -0.05) is 6.07 Å². The van der Waals surface area contributed by atoms with Gasteiger partial charge in [0.05, 0.1) is 11.5 Å². The van der Waals surface area contributed by atoms with E-state index in [2.05, 4.69) is 5.32 Å². The van der Waals surface area contributed by atoms with E-state index in [1.165, 1.54) is 0 Å². The molecule has 18 heavy (non-hydrogen) atoms. The molecular formula is C13H11NO3S. The maximum absolute atomic E-state index is 11.6. The van der Waals surface area contributed by atoms with E-state index in [9.17, 15) is 9.59 Å². The summed E-state index contributed by atoms with van der Waals surface area (Å²) >= 11 is 0.959. The summed E-state index contributed by atoms with van der Waals surface area (Å²) in [4.78, 5) is 23.2. The Morgan fingerprint density at radius 1 is 1.39 bits per heavy atom. The molecule has 1 saturated heterocycles. The maximum Gasteiger partial charge on any atom is 0.290 e. The molecule has 0 aliphatic carbocycles. The molecular weight excluding hydrogens is 250 g/mol. The van der Waals surface area contributed by atoms with Crippen molar-refractivity contribution >= 4 is 28.5 Å². The van der Waals surface area contributed by atoms with Gasteiger partial charge >= 0.3 is 0 Å². The Hall–Kier alpha value is -1.75. The molecule has 0 radical (unpaired) electrons. The lowest BCUT2D eigenvalue weighted by molar-refractivity contribution is -0.115. The van der Waals surface area contributed by atoms with Crippen LogP contribution in [0.25, 0.3) is 5.57 Å². The van der Waals surface area contributed by atoms with Crippen molar-refractivity contribution in [3.05, 3.63) is 34.2 Å². The molecule has 2 aliphatic heterocycles. The van der Waals surface area contributed by atoms with Crippen molar-refractivity contribution in [2.24, 2.45) is 0 Å². The summed E-state index contributed by atoms with van der Waals surface area (Å²) in [5.41, 5.74) is 2.95. The molecule has 0 aromatic heterocycles. The van der Waals surface area contributed by atoms with Gasteiger partial charge in [-0.05, 0) is 47.5 Å². The Kier molecular flexibility index (Phi) is 2.63. The molecule has 0 spiro atoms. The molecule has 2 amide bonds. The second-order valence-corrected chi connectivity index (χ2v) is 5.20. The number of ether oxygens (including phenoxy) is 1.